The number of rotatable bonds is 7. The van der Waals surface area contributed by atoms with Crippen molar-refractivity contribution in [1.82, 2.24) is 39.9 Å². The number of hydrogen-bond donors (Lipinski definition) is 0. The highest BCUT2D eigenvalue weighted by molar-refractivity contribution is 6.14. The van der Waals surface area contributed by atoms with E-state index in [0.717, 1.165) is 168 Å². The number of fused-ring (bicyclic) bond motifs is 16. The van der Waals surface area contributed by atoms with Crippen LogP contribution in [0.3, 0.4) is 0 Å². The minimum atomic E-state index is -2.31. The van der Waals surface area contributed by atoms with Gasteiger partial charge in [0.15, 0.2) is 45.6 Å². The number of nitrogens with zero attached hydrogens (tertiary/aromatic N) is 16. The van der Waals surface area contributed by atoms with E-state index in [1.54, 1.807) is 24.8 Å². The molecule has 0 saturated heterocycles. The fourth-order valence-corrected chi connectivity index (χ4v) is 16.8. The number of aromatic nitrogens is 8. The Bertz CT molecular complexity index is 5830. The molecule has 4 aromatic carbocycles. The summed E-state index contributed by atoms with van der Waals surface area (Å²) in [5.41, 5.74) is 21.2. The van der Waals surface area contributed by atoms with Crippen LogP contribution in [0.1, 0.15) is 122 Å². The van der Waals surface area contributed by atoms with Gasteiger partial charge in [-0.1, -0.05) is 48.5 Å². The molecule has 16 aromatic rings. The number of anilines is 12. The van der Waals surface area contributed by atoms with E-state index in [9.17, 15) is 0 Å². The lowest BCUT2D eigenvalue weighted by molar-refractivity contribution is 0.597. The molecule has 20 rings (SSSR count). The monoisotopic (exact) mass is 1470 g/mol. The number of aryl methyl sites for hydroxylation is 8. The first kappa shape index (κ1) is 63.7. The molecule has 16 heterocycles. The predicted molar refractivity (Wildman–Crippen MR) is 449 cm³/mol. The molecule has 0 radical (unpaired) electrons. The van der Waals surface area contributed by atoms with E-state index in [1.807, 2.05) is 177 Å². The summed E-state index contributed by atoms with van der Waals surface area (Å²) in [6.45, 7) is 33.4. The Morgan fingerprint density at radius 2 is 0.582 bits per heavy atom. The van der Waals surface area contributed by atoms with Crippen LogP contribution in [0.25, 0.3) is 88.3 Å². The molecule has 0 saturated carbocycles. The smallest absolute Gasteiger partial charge is 0.227 e. The van der Waals surface area contributed by atoms with Crippen molar-refractivity contribution in [2.45, 2.75) is 167 Å². The summed E-state index contributed by atoms with van der Waals surface area (Å²) in [4.78, 5) is 52.9. The molecule has 110 heavy (non-hydrogen) atoms. The Morgan fingerprint density at radius 3 is 0.909 bits per heavy atom. The molecule has 12 aromatic heterocycles. The molecule has 4 aliphatic heterocycles. The van der Waals surface area contributed by atoms with Crippen LogP contribution in [0.15, 0.2) is 188 Å². The third-order valence-corrected chi connectivity index (χ3v) is 21.7. The highest BCUT2D eigenvalue weighted by Crippen LogP contribution is 2.53. The second-order valence-corrected chi connectivity index (χ2v) is 29.8. The molecule has 3 unspecified atom stereocenters. The van der Waals surface area contributed by atoms with Gasteiger partial charge >= 0.3 is 0 Å². The van der Waals surface area contributed by atoms with E-state index in [1.165, 1.54) is 4.90 Å². The van der Waals surface area contributed by atoms with Gasteiger partial charge in [0.2, 0.25) is 22.9 Å². The number of hydrogen-bond acceptors (Lipinski definition) is 20. The maximum Gasteiger partial charge on any atom is 0.227 e. The van der Waals surface area contributed by atoms with Gasteiger partial charge < -0.3 is 56.9 Å². The average molecular weight is 1470 g/mol. The van der Waals surface area contributed by atoms with Gasteiger partial charge in [0.1, 0.15) is 24.7 Å². The van der Waals surface area contributed by atoms with Crippen molar-refractivity contribution in [1.29, 1.82) is 0 Å². The average Bonchev–Trinajstić information content (AvgIpc) is 1.58. The van der Waals surface area contributed by atoms with Crippen molar-refractivity contribution < 1.29 is 25.9 Å². The van der Waals surface area contributed by atoms with Crippen molar-refractivity contribution in [3.63, 3.8) is 0 Å². The van der Waals surface area contributed by atoms with Gasteiger partial charge in [0.05, 0.1) is 49.6 Å². The highest BCUT2D eigenvalue weighted by atomic mass is 16.4. The van der Waals surface area contributed by atoms with Gasteiger partial charge in [-0.25, -0.2) is 39.9 Å². The van der Waals surface area contributed by atoms with Crippen molar-refractivity contribution >= 4 is 157 Å². The van der Waals surface area contributed by atoms with Crippen LogP contribution in [0, 0.1) is 55.4 Å². The zero-order valence-corrected chi connectivity index (χ0v) is 65.3. The largest absolute Gasteiger partial charge is 0.435 e. The van der Waals surface area contributed by atoms with Gasteiger partial charge in [-0.05, 0) is 244 Å². The molecule has 4 atom stereocenters. The lowest BCUT2D eigenvalue weighted by atomic mass is 10.1. The second kappa shape index (κ2) is 27.1. The normalized spacial score (nSPS) is 17.8. The fraction of sp³-hybridized carbons (Fsp3) is 0.289. The minimum Gasteiger partial charge on any atom is -0.435 e. The van der Waals surface area contributed by atoms with Gasteiger partial charge in [-0.3, -0.25) is 0 Å². The van der Waals surface area contributed by atoms with E-state index in [-0.39, 0.29) is 18.5 Å². The third-order valence-electron chi connectivity index (χ3n) is 21.7. The first-order valence-corrected chi connectivity index (χ1v) is 37.4. The maximum atomic E-state index is 8.71. The summed E-state index contributed by atoms with van der Waals surface area (Å²) in [6, 6.07) is 46.3. The quantitative estimate of drug-likeness (QED) is 0.147. The summed E-state index contributed by atoms with van der Waals surface area (Å²) in [5, 5.41) is 8.09. The van der Waals surface area contributed by atoms with Crippen LogP contribution in [0.2, 0.25) is 0 Å². The molecular weight excluding hydrogens is 1370 g/mol. The molecule has 0 fully saturated rings. The Kier molecular flexibility index (Phi) is 15.7. The molecule has 0 spiro atoms. The lowest BCUT2D eigenvalue weighted by Gasteiger charge is -2.33. The van der Waals surface area contributed by atoms with Crippen LogP contribution < -0.4 is 39.2 Å². The van der Waals surface area contributed by atoms with Crippen molar-refractivity contribution in [3.05, 3.63) is 215 Å². The zero-order valence-electron chi connectivity index (χ0n) is 71.3. The van der Waals surface area contributed by atoms with E-state index >= 15 is 0 Å². The Morgan fingerprint density at radius 1 is 0.309 bits per heavy atom. The number of benzene rings is 4. The van der Waals surface area contributed by atoms with Crippen molar-refractivity contribution in [2.75, 3.05) is 46.2 Å². The van der Waals surface area contributed by atoms with E-state index in [4.69, 9.17) is 30.9 Å². The SMILES string of the molecule is [2H]C(C)(C)N1c2cccnc2N(c2c(C)ccc3c2oc2nc(C)ccc23)[C@H]1C.[2H]C(C)(C)N1c2ncccc2N(c2c(C)ccc3c2oc2nc(C)ccc23)C1C.[2H]C(C)(C)N1c2ncccc2N(c2c(C)ccc3c2oc2nc(C)ccc23)C1C.[2H]C([2H])([2H])N1c2ncccc2N(c2c(C)ccc3c2oc2nc(C)ccc23)C1C. The van der Waals surface area contributed by atoms with Gasteiger partial charge in [0.25, 0.3) is 0 Å². The first-order valence-electron chi connectivity index (χ1n) is 40.4. The van der Waals surface area contributed by atoms with Crippen LogP contribution in [0.4, 0.5) is 68.8 Å². The summed E-state index contributed by atoms with van der Waals surface area (Å²) in [7, 11) is 0. The topological polar surface area (TPSA) is 182 Å². The Labute approximate surface area is 648 Å². The molecule has 0 amide bonds. The standard InChI is InChI=1S/3C23H24N4O.C21H20N4O/c2*1-13(2)26-16(5)27(19-7-6-12-24-22(19)26)20-14(3)8-10-17-18-11-9-15(4)25-23(18)28-21(17)20;1-13(2)26-16(5)27(22-19(26)7-6-12-24-22)20-14(3)8-10-17-18-11-9-15(4)25-23(18)28-21(17)20;1-12-7-9-15-16-10-8-13(2)23-21(16)26-19(15)18(12)25-14(3)24(4)20-17(25)6-5-11-22-20/h3*6-13,16H,1-5H3;5-11,14H,1-4H3/t;;16-;/m..0./s1/i3*13D;4D3. The minimum absolute atomic E-state index is 0.0837. The second-order valence-electron chi connectivity index (χ2n) is 29.8. The molecule has 0 N–H and O–H groups in total. The first-order chi connectivity index (χ1) is 55.1. The lowest BCUT2D eigenvalue weighted by Crippen LogP contribution is -2.42. The maximum absolute atomic E-state index is 8.71. The number of pyridine rings is 8. The van der Waals surface area contributed by atoms with Crippen LogP contribution >= 0.6 is 0 Å². The van der Waals surface area contributed by atoms with Crippen molar-refractivity contribution in [3.8, 4) is 0 Å². The van der Waals surface area contributed by atoms with Gasteiger partial charge in [-0.2, -0.15) is 0 Å². The van der Waals surface area contributed by atoms with Gasteiger partial charge in [0, 0.05) is 120 Å². The number of furan rings is 4. The van der Waals surface area contributed by atoms with E-state index in [0.29, 0.717) is 34.3 Å². The van der Waals surface area contributed by atoms with Crippen molar-refractivity contribution in [2.24, 2.45) is 0 Å². The zero-order chi connectivity index (χ0) is 82.0. The predicted octanol–water partition coefficient (Wildman–Crippen LogP) is 22.0. The Hall–Kier alpha value is -12.3. The van der Waals surface area contributed by atoms with Crippen LogP contribution in [-0.2, 0) is 0 Å². The molecule has 20 heteroatoms. The summed E-state index contributed by atoms with van der Waals surface area (Å²) in [6.07, 6.45) is 6.29. The molecule has 0 aliphatic carbocycles. The summed E-state index contributed by atoms with van der Waals surface area (Å²) in [5.74, 6) is 2.94. The van der Waals surface area contributed by atoms with E-state index < -0.39 is 31.2 Å². The van der Waals surface area contributed by atoms with Gasteiger partial charge in [-0.15, -0.1) is 0 Å². The molecule has 0 bridgehead atoms. The molecule has 556 valence electrons. The fourth-order valence-electron chi connectivity index (χ4n) is 16.8. The highest BCUT2D eigenvalue weighted by Gasteiger charge is 2.43. The molecule has 20 nitrogen and oxygen atoms in total. The molecule has 4 aliphatic rings. The van der Waals surface area contributed by atoms with Crippen LogP contribution in [0.5, 0.6) is 0 Å². The molecular formula is C90H92N16O4. The van der Waals surface area contributed by atoms with E-state index in [2.05, 4.69) is 163 Å². The summed E-state index contributed by atoms with van der Waals surface area (Å²) < 4.78 is 75.3. The Balaban J connectivity index is 0.000000111. The van der Waals surface area contributed by atoms with Crippen LogP contribution in [-0.4, -0.2) is 89.6 Å². The third kappa shape index (κ3) is 11.3. The summed E-state index contributed by atoms with van der Waals surface area (Å²) >= 11 is 0.